The van der Waals surface area contributed by atoms with Crippen LogP contribution in [0.3, 0.4) is 0 Å². The minimum absolute atomic E-state index is 0.0610. The second-order valence-corrected chi connectivity index (χ2v) is 6.70. The summed E-state index contributed by atoms with van der Waals surface area (Å²) in [6.45, 7) is 0. The van der Waals surface area contributed by atoms with Crippen LogP contribution in [0.2, 0.25) is 0 Å². The number of hydrogen-bond donors (Lipinski definition) is 0. The second kappa shape index (κ2) is 5.67. The maximum absolute atomic E-state index is 12.2. The number of thioether (sulfide) groups is 1. The number of fused-ring (bicyclic) bond motifs is 1. The van der Waals surface area contributed by atoms with Crippen LogP contribution in [0.15, 0.2) is 42.5 Å². The number of carbonyl (C=O) groups is 1. The molecule has 0 fully saturated rings. The normalized spacial score (nSPS) is 14.3. The van der Waals surface area contributed by atoms with Gasteiger partial charge in [0.1, 0.15) is 4.58 Å². The lowest BCUT2D eigenvalue weighted by Gasteiger charge is -2.10. The number of Topliss-reactive ketones (excluding diaryl/α,β-unsaturated/α-hetero) is 1. The lowest BCUT2D eigenvalue weighted by atomic mass is 10.1. The fourth-order valence-corrected chi connectivity index (χ4v) is 3.74. The molecule has 2 aromatic rings. The summed E-state index contributed by atoms with van der Waals surface area (Å²) in [4.78, 5) is 12.2. The topological polar surface area (TPSA) is 34.1 Å². The molecule has 2 unspecified atom stereocenters. The molecule has 0 aliphatic carbocycles. The third kappa shape index (κ3) is 2.65. The van der Waals surface area contributed by atoms with Crippen LogP contribution < -0.4 is 0 Å². The summed E-state index contributed by atoms with van der Waals surface area (Å²) < 4.78 is 11.0. The van der Waals surface area contributed by atoms with Crippen LogP contribution in [-0.4, -0.2) is 27.1 Å². The Bertz CT molecular complexity index is 608. The Morgan fingerprint density at radius 1 is 1.17 bits per heavy atom. The SMILES string of the molecule is CSC(C(=O)c1ccc2ccccc2c1)S(C)=O. The summed E-state index contributed by atoms with van der Waals surface area (Å²) >= 11 is 1.34. The Kier molecular flexibility index (Phi) is 4.19. The minimum atomic E-state index is -1.15. The van der Waals surface area contributed by atoms with Gasteiger partial charge in [-0.3, -0.25) is 9.00 Å². The lowest BCUT2D eigenvalue weighted by molar-refractivity contribution is 0.101. The van der Waals surface area contributed by atoms with E-state index in [1.807, 2.05) is 42.7 Å². The average molecular weight is 278 g/mol. The molecule has 0 aliphatic heterocycles. The first-order valence-corrected chi connectivity index (χ1v) is 8.42. The lowest BCUT2D eigenvalue weighted by Crippen LogP contribution is -2.21. The second-order valence-electron chi connectivity index (χ2n) is 3.99. The molecular formula is C14H14O2S2. The van der Waals surface area contributed by atoms with Gasteiger partial charge in [-0.05, 0) is 23.1 Å². The number of ketones is 1. The first-order chi connectivity index (χ1) is 8.63. The van der Waals surface area contributed by atoms with E-state index < -0.39 is 15.4 Å². The molecule has 0 spiro atoms. The Hall–Kier alpha value is -1.13. The Balaban J connectivity index is 2.42. The molecule has 4 heteroatoms. The van der Waals surface area contributed by atoms with E-state index in [9.17, 15) is 9.00 Å². The van der Waals surface area contributed by atoms with Gasteiger partial charge in [-0.1, -0.05) is 36.4 Å². The highest BCUT2D eigenvalue weighted by molar-refractivity contribution is 8.11. The van der Waals surface area contributed by atoms with Crippen LogP contribution in [0.25, 0.3) is 10.8 Å². The van der Waals surface area contributed by atoms with Gasteiger partial charge in [-0.2, -0.15) is 0 Å². The van der Waals surface area contributed by atoms with Crippen molar-refractivity contribution in [2.75, 3.05) is 12.5 Å². The van der Waals surface area contributed by atoms with Crippen molar-refractivity contribution in [2.24, 2.45) is 0 Å². The molecule has 0 N–H and O–H groups in total. The van der Waals surface area contributed by atoms with Crippen LogP contribution in [0.5, 0.6) is 0 Å². The monoisotopic (exact) mass is 278 g/mol. The first-order valence-electron chi connectivity index (χ1n) is 5.51. The third-order valence-electron chi connectivity index (χ3n) is 2.76. The van der Waals surface area contributed by atoms with Gasteiger partial charge in [0, 0.05) is 22.6 Å². The summed E-state index contributed by atoms with van der Waals surface area (Å²) in [7, 11) is -1.15. The molecule has 94 valence electrons. The summed E-state index contributed by atoms with van der Waals surface area (Å²) in [6, 6.07) is 13.5. The van der Waals surface area contributed by atoms with Crippen LogP contribution in [-0.2, 0) is 10.8 Å². The quantitative estimate of drug-likeness (QED) is 0.806. The molecule has 0 bridgehead atoms. The minimum Gasteiger partial charge on any atom is -0.292 e. The number of benzene rings is 2. The van der Waals surface area contributed by atoms with Crippen molar-refractivity contribution in [2.45, 2.75) is 4.58 Å². The summed E-state index contributed by atoms with van der Waals surface area (Å²) in [5, 5.41) is 2.14. The van der Waals surface area contributed by atoms with Gasteiger partial charge >= 0.3 is 0 Å². The molecular weight excluding hydrogens is 264 g/mol. The molecule has 0 saturated carbocycles. The first kappa shape index (κ1) is 13.3. The van der Waals surface area contributed by atoms with Gasteiger partial charge in [-0.25, -0.2) is 0 Å². The van der Waals surface area contributed by atoms with Gasteiger partial charge in [0.25, 0.3) is 0 Å². The van der Waals surface area contributed by atoms with Gasteiger partial charge in [0.05, 0.1) is 0 Å². The Morgan fingerprint density at radius 3 is 2.44 bits per heavy atom. The third-order valence-corrected chi connectivity index (χ3v) is 5.61. The molecule has 18 heavy (non-hydrogen) atoms. The van der Waals surface area contributed by atoms with Crippen molar-refractivity contribution < 1.29 is 9.00 Å². The van der Waals surface area contributed by atoms with Gasteiger partial charge in [0.2, 0.25) is 0 Å². The summed E-state index contributed by atoms with van der Waals surface area (Å²) in [5.41, 5.74) is 0.628. The van der Waals surface area contributed by atoms with Crippen LogP contribution >= 0.6 is 11.8 Å². The molecule has 2 rings (SSSR count). The van der Waals surface area contributed by atoms with Crippen molar-refractivity contribution in [1.82, 2.24) is 0 Å². The average Bonchev–Trinajstić information content (AvgIpc) is 2.38. The van der Waals surface area contributed by atoms with E-state index in [0.717, 1.165) is 10.8 Å². The molecule has 2 nitrogen and oxygen atoms in total. The zero-order valence-corrected chi connectivity index (χ0v) is 11.9. The highest BCUT2D eigenvalue weighted by Gasteiger charge is 2.22. The van der Waals surface area contributed by atoms with E-state index >= 15 is 0 Å². The highest BCUT2D eigenvalue weighted by Crippen LogP contribution is 2.21. The van der Waals surface area contributed by atoms with Crippen molar-refractivity contribution in [3.05, 3.63) is 48.0 Å². The van der Waals surface area contributed by atoms with E-state index in [1.54, 1.807) is 12.3 Å². The van der Waals surface area contributed by atoms with Crippen molar-refractivity contribution in [3.63, 3.8) is 0 Å². The largest absolute Gasteiger partial charge is 0.292 e. The van der Waals surface area contributed by atoms with Gasteiger partial charge < -0.3 is 0 Å². The van der Waals surface area contributed by atoms with Crippen molar-refractivity contribution >= 4 is 39.1 Å². The fraction of sp³-hybridized carbons (Fsp3) is 0.214. The fourth-order valence-electron chi connectivity index (χ4n) is 1.87. The molecule has 2 atom stereocenters. The molecule has 0 amide bonds. The summed E-state index contributed by atoms with van der Waals surface area (Å²) in [5.74, 6) is -0.0610. The maximum atomic E-state index is 12.2. The van der Waals surface area contributed by atoms with E-state index in [0.29, 0.717) is 5.56 Å². The zero-order valence-electron chi connectivity index (χ0n) is 10.3. The summed E-state index contributed by atoms with van der Waals surface area (Å²) in [6.07, 6.45) is 3.38. The van der Waals surface area contributed by atoms with Crippen LogP contribution in [0.4, 0.5) is 0 Å². The van der Waals surface area contributed by atoms with Crippen molar-refractivity contribution in [3.8, 4) is 0 Å². The van der Waals surface area contributed by atoms with Crippen molar-refractivity contribution in [1.29, 1.82) is 0 Å². The molecule has 0 aromatic heterocycles. The maximum Gasteiger partial charge on any atom is 0.188 e. The standard InChI is InChI=1S/C14H14O2S2/c1-17-14(18(2)16)13(15)12-8-7-10-5-3-4-6-11(10)9-12/h3-9,14H,1-2H3. The Labute approximate surface area is 113 Å². The smallest absolute Gasteiger partial charge is 0.188 e. The van der Waals surface area contributed by atoms with E-state index in [4.69, 9.17) is 0 Å². The predicted octanol–water partition coefficient (Wildman–Crippen LogP) is 3.09. The van der Waals surface area contributed by atoms with E-state index in [-0.39, 0.29) is 5.78 Å². The number of hydrogen-bond acceptors (Lipinski definition) is 3. The molecule has 0 radical (unpaired) electrons. The van der Waals surface area contributed by atoms with Gasteiger partial charge in [0.15, 0.2) is 5.78 Å². The predicted molar refractivity (Wildman–Crippen MR) is 79.6 cm³/mol. The van der Waals surface area contributed by atoms with Crippen LogP contribution in [0, 0.1) is 0 Å². The zero-order chi connectivity index (χ0) is 13.1. The molecule has 0 heterocycles. The number of rotatable bonds is 4. The Morgan fingerprint density at radius 2 is 1.83 bits per heavy atom. The van der Waals surface area contributed by atoms with E-state index in [1.165, 1.54) is 11.8 Å². The molecule has 2 aromatic carbocycles. The van der Waals surface area contributed by atoms with Gasteiger partial charge in [-0.15, -0.1) is 11.8 Å². The molecule has 0 aliphatic rings. The highest BCUT2D eigenvalue weighted by atomic mass is 32.2. The molecule has 0 saturated heterocycles. The number of carbonyl (C=O) groups excluding carboxylic acids is 1. The van der Waals surface area contributed by atoms with Crippen LogP contribution in [0.1, 0.15) is 10.4 Å². The van der Waals surface area contributed by atoms with E-state index in [2.05, 4.69) is 0 Å².